The molecule has 2 aromatic rings. The van der Waals surface area contributed by atoms with Crippen molar-refractivity contribution in [2.45, 2.75) is 26.9 Å². The quantitative estimate of drug-likeness (QED) is 0.716. The SMILES string of the molecule is CCNC(=O)NC(=O)[C@@H](OC(=O)COc1cccc(C)c1C)c1ccccc1. The molecule has 0 bridgehead atoms. The lowest BCUT2D eigenvalue weighted by Crippen LogP contribution is -2.42. The van der Waals surface area contributed by atoms with Crippen LogP contribution in [-0.2, 0) is 14.3 Å². The van der Waals surface area contributed by atoms with Crippen LogP contribution in [0.5, 0.6) is 5.75 Å². The van der Waals surface area contributed by atoms with Crippen LogP contribution in [0.15, 0.2) is 48.5 Å². The van der Waals surface area contributed by atoms with Gasteiger partial charge in [0, 0.05) is 12.1 Å². The summed E-state index contributed by atoms with van der Waals surface area (Å²) >= 11 is 0. The highest BCUT2D eigenvalue weighted by Crippen LogP contribution is 2.21. The Kier molecular flexibility index (Phi) is 7.56. The second-order valence-electron chi connectivity index (χ2n) is 6.12. The molecule has 7 nitrogen and oxygen atoms in total. The molecule has 2 N–H and O–H groups in total. The van der Waals surface area contributed by atoms with Gasteiger partial charge < -0.3 is 14.8 Å². The molecule has 7 heteroatoms. The van der Waals surface area contributed by atoms with E-state index in [1.807, 2.05) is 26.0 Å². The third kappa shape index (κ3) is 5.84. The monoisotopic (exact) mass is 384 g/mol. The lowest BCUT2D eigenvalue weighted by Gasteiger charge is -2.18. The van der Waals surface area contributed by atoms with Gasteiger partial charge in [0.05, 0.1) is 0 Å². The molecule has 0 heterocycles. The van der Waals surface area contributed by atoms with E-state index in [9.17, 15) is 14.4 Å². The van der Waals surface area contributed by atoms with Crippen molar-refractivity contribution in [3.05, 3.63) is 65.2 Å². The number of aryl methyl sites for hydroxylation is 1. The molecule has 3 amide bonds. The van der Waals surface area contributed by atoms with Crippen LogP contribution in [0.25, 0.3) is 0 Å². The molecule has 0 fully saturated rings. The normalized spacial score (nSPS) is 11.2. The summed E-state index contributed by atoms with van der Waals surface area (Å²) in [5.74, 6) is -0.891. The Balaban J connectivity index is 2.06. The molecule has 0 spiro atoms. The van der Waals surface area contributed by atoms with E-state index in [0.717, 1.165) is 11.1 Å². The molecule has 0 aliphatic rings. The van der Waals surface area contributed by atoms with E-state index in [1.54, 1.807) is 43.3 Å². The summed E-state index contributed by atoms with van der Waals surface area (Å²) in [5.41, 5.74) is 2.41. The predicted molar refractivity (Wildman–Crippen MR) is 104 cm³/mol. The highest BCUT2D eigenvalue weighted by molar-refractivity contribution is 5.97. The van der Waals surface area contributed by atoms with Crippen molar-refractivity contribution in [2.75, 3.05) is 13.2 Å². The van der Waals surface area contributed by atoms with Crippen molar-refractivity contribution in [1.82, 2.24) is 10.6 Å². The number of amides is 3. The summed E-state index contributed by atoms with van der Waals surface area (Å²) in [6.07, 6.45) is -1.27. The van der Waals surface area contributed by atoms with Crippen molar-refractivity contribution in [2.24, 2.45) is 0 Å². The average Bonchev–Trinajstić information content (AvgIpc) is 2.68. The summed E-state index contributed by atoms with van der Waals surface area (Å²) in [6, 6.07) is 13.3. The third-order valence-electron chi connectivity index (χ3n) is 4.06. The fraction of sp³-hybridized carbons (Fsp3) is 0.286. The largest absolute Gasteiger partial charge is 0.482 e. The Bertz CT molecular complexity index is 836. The molecule has 28 heavy (non-hydrogen) atoms. The number of benzene rings is 2. The van der Waals surface area contributed by atoms with Gasteiger partial charge in [0.1, 0.15) is 5.75 Å². The molecule has 0 saturated carbocycles. The number of carbonyl (C=O) groups is 3. The molecule has 2 aromatic carbocycles. The molecule has 0 radical (unpaired) electrons. The van der Waals surface area contributed by atoms with Gasteiger partial charge in [-0.15, -0.1) is 0 Å². The molecule has 0 aromatic heterocycles. The van der Waals surface area contributed by atoms with Crippen molar-refractivity contribution < 1.29 is 23.9 Å². The summed E-state index contributed by atoms with van der Waals surface area (Å²) < 4.78 is 10.8. The number of nitrogens with one attached hydrogen (secondary N) is 2. The number of hydrogen-bond donors (Lipinski definition) is 2. The Morgan fingerprint density at radius 3 is 2.39 bits per heavy atom. The minimum absolute atomic E-state index is 0.359. The first-order chi connectivity index (χ1) is 13.4. The number of rotatable bonds is 7. The van der Waals surface area contributed by atoms with Crippen LogP contribution >= 0.6 is 0 Å². The Morgan fingerprint density at radius 1 is 1.00 bits per heavy atom. The fourth-order valence-electron chi connectivity index (χ4n) is 2.47. The van der Waals surface area contributed by atoms with Crippen LogP contribution in [-0.4, -0.2) is 31.1 Å². The molecular formula is C21H24N2O5. The number of carbonyl (C=O) groups excluding carboxylic acids is 3. The van der Waals surface area contributed by atoms with E-state index in [-0.39, 0.29) is 6.61 Å². The van der Waals surface area contributed by atoms with E-state index >= 15 is 0 Å². The second-order valence-corrected chi connectivity index (χ2v) is 6.12. The minimum Gasteiger partial charge on any atom is -0.482 e. The van der Waals surface area contributed by atoms with Gasteiger partial charge in [-0.05, 0) is 38.0 Å². The fourth-order valence-corrected chi connectivity index (χ4v) is 2.47. The minimum atomic E-state index is -1.27. The lowest BCUT2D eigenvalue weighted by molar-refractivity contribution is -0.158. The van der Waals surface area contributed by atoms with E-state index in [2.05, 4.69) is 10.6 Å². The van der Waals surface area contributed by atoms with Gasteiger partial charge in [0.2, 0.25) is 6.10 Å². The van der Waals surface area contributed by atoms with Gasteiger partial charge in [-0.1, -0.05) is 42.5 Å². The Labute approximate surface area is 164 Å². The number of ether oxygens (including phenoxy) is 2. The highest BCUT2D eigenvalue weighted by atomic mass is 16.6. The van der Waals surface area contributed by atoms with E-state index in [0.29, 0.717) is 17.9 Å². The molecule has 0 aliphatic carbocycles. The van der Waals surface area contributed by atoms with Crippen LogP contribution in [0.1, 0.15) is 29.7 Å². The van der Waals surface area contributed by atoms with E-state index in [4.69, 9.17) is 9.47 Å². The zero-order chi connectivity index (χ0) is 20.5. The van der Waals surface area contributed by atoms with Crippen molar-refractivity contribution >= 4 is 17.9 Å². The predicted octanol–water partition coefficient (Wildman–Crippen LogP) is 2.81. The molecule has 0 unspecified atom stereocenters. The van der Waals surface area contributed by atoms with E-state index in [1.165, 1.54) is 0 Å². The lowest BCUT2D eigenvalue weighted by atomic mass is 10.1. The Hall–Kier alpha value is -3.35. The standard InChI is InChI=1S/C21H24N2O5/c1-4-22-21(26)23-20(25)19(16-10-6-5-7-11-16)28-18(24)13-27-17-12-8-9-14(2)15(17)3/h5-12,19H,4,13H2,1-3H3,(H2,22,23,25,26)/t19-/m0/s1. The van der Waals surface area contributed by atoms with Gasteiger partial charge >= 0.3 is 12.0 Å². The smallest absolute Gasteiger partial charge is 0.345 e. The molecular weight excluding hydrogens is 360 g/mol. The second kappa shape index (κ2) is 10.1. The summed E-state index contributed by atoms with van der Waals surface area (Å²) in [4.78, 5) is 36.4. The molecule has 0 aliphatic heterocycles. The van der Waals surface area contributed by atoms with Crippen molar-refractivity contribution in [1.29, 1.82) is 0 Å². The van der Waals surface area contributed by atoms with Crippen molar-refractivity contribution in [3.63, 3.8) is 0 Å². The first-order valence-electron chi connectivity index (χ1n) is 8.94. The molecule has 2 rings (SSSR count). The van der Waals surface area contributed by atoms with Crippen molar-refractivity contribution in [3.8, 4) is 5.75 Å². The number of urea groups is 1. The van der Waals surface area contributed by atoms with Crippen LogP contribution < -0.4 is 15.4 Å². The number of hydrogen-bond acceptors (Lipinski definition) is 5. The van der Waals surface area contributed by atoms with Gasteiger partial charge in [0.15, 0.2) is 6.61 Å². The first kappa shape index (κ1) is 21.0. The average molecular weight is 384 g/mol. The number of esters is 1. The maximum Gasteiger partial charge on any atom is 0.345 e. The van der Waals surface area contributed by atoms with Gasteiger partial charge in [-0.25, -0.2) is 9.59 Å². The molecule has 148 valence electrons. The molecule has 1 atom stereocenters. The van der Waals surface area contributed by atoms with Gasteiger partial charge in [0.25, 0.3) is 5.91 Å². The summed E-state index contributed by atoms with van der Waals surface area (Å²) in [6.45, 7) is 5.56. The summed E-state index contributed by atoms with van der Waals surface area (Å²) in [7, 11) is 0. The maximum atomic E-state index is 12.4. The van der Waals surface area contributed by atoms with Gasteiger partial charge in [-0.3, -0.25) is 10.1 Å². The van der Waals surface area contributed by atoms with Crippen LogP contribution in [0, 0.1) is 13.8 Å². The number of imide groups is 1. The topological polar surface area (TPSA) is 93.7 Å². The van der Waals surface area contributed by atoms with Crippen LogP contribution in [0.4, 0.5) is 4.79 Å². The van der Waals surface area contributed by atoms with Gasteiger partial charge in [-0.2, -0.15) is 0 Å². The third-order valence-corrected chi connectivity index (χ3v) is 4.06. The zero-order valence-corrected chi connectivity index (χ0v) is 16.2. The Morgan fingerprint density at radius 2 is 1.71 bits per heavy atom. The zero-order valence-electron chi connectivity index (χ0n) is 16.2. The highest BCUT2D eigenvalue weighted by Gasteiger charge is 2.26. The first-order valence-corrected chi connectivity index (χ1v) is 8.94. The van der Waals surface area contributed by atoms with Crippen LogP contribution in [0.2, 0.25) is 0 Å². The van der Waals surface area contributed by atoms with Crippen LogP contribution in [0.3, 0.4) is 0 Å². The summed E-state index contributed by atoms with van der Waals surface area (Å²) in [5, 5.41) is 4.63. The maximum absolute atomic E-state index is 12.4. The van der Waals surface area contributed by atoms with E-state index < -0.39 is 24.0 Å². The molecule has 0 saturated heterocycles.